The van der Waals surface area contributed by atoms with Crippen molar-refractivity contribution in [2.75, 3.05) is 12.8 Å². The Morgan fingerprint density at radius 3 is 2.90 bits per heavy atom. The predicted molar refractivity (Wildman–Crippen MR) is 132 cm³/mol. The number of nitrogens with one attached hydrogen (secondary N) is 2. The van der Waals surface area contributed by atoms with Gasteiger partial charge in [-0.2, -0.15) is 16.7 Å². The van der Waals surface area contributed by atoms with Crippen molar-refractivity contribution >= 4 is 41.7 Å². The van der Waals surface area contributed by atoms with E-state index in [-0.39, 0.29) is 24.0 Å². The van der Waals surface area contributed by atoms with E-state index in [0.717, 1.165) is 47.5 Å². The third kappa shape index (κ3) is 7.16. The lowest BCUT2D eigenvalue weighted by Crippen LogP contribution is -2.42. The first kappa shape index (κ1) is 24.0. The van der Waals surface area contributed by atoms with Crippen molar-refractivity contribution in [1.82, 2.24) is 20.8 Å². The Labute approximate surface area is 195 Å². The Balaban J connectivity index is 0.00000300. The van der Waals surface area contributed by atoms with Crippen LogP contribution < -0.4 is 10.6 Å². The first-order valence-corrected chi connectivity index (χ1v) is 11.5. The lowest BCUT2D eigenvalue weighted by Gasteiger charge is -2.17. The fourth-order valence-corrected chi connectivity index (χ4v) is 4.26. The summed E-state index contributed by atoms with van der Waals surface area (Å²) in [6.07, 6.45) is 7.75. The minimum Gasteiger partial charge on any atom is -0.357 e. The molecule has 160 valence electrons. The van der Waals surface area contributed by atoms with Gasteiger partial charge in [0.05, 0.1) is 6.54 Å². The number of nitrogens with zero attached hydrogens (tertiary/aromatic N) is 3. The second kappa shape index (κ2) is 12.4. The molecule has 0 saturated heterocycles. The lowest BCUT2D eigenvalue weighted by molar-refractivity contribution is 0.422. The van der Waals surface area contributed by atoms with Crippen LogP contribution in [0.2, 0.25) is 0 Å². The van der Waals surface area contributed by atoms with Crippen LogP contribution in [0, 0.1) is 0 Å². The Kier molecular flexibility index (Phi) is 10.3. The molecule has 1 fully saturated rings. The molecule has 0 spiro atoms. The zero-order valence-corrected chi connectivity index (χ0v) is 20.6. The molecule has 2 unspecified atom stereocenters. The number of thioether (sulfide) groups is 1. The van der Waals surface area contributed by atoms with Crippen molar-refractivity contribution in [3.63, 3.8) is 0 Å². The van der Waals surface area contributed by atoms with E-state index in [1.165, 1.54) is 19.3 Å². The number of aromatic nitrogens is 2. The minimum atomic E-state index is 0. The van der Waals surface area contributed by atoms with Gasteiger partial charge < -0.3 is 15.2 Å². The first-order valence-electron chi connectivity index (χ1n) is 10.2. The molecule has 0 aliphatic heterocycles. The molecular weight excluding hydrogens is 497 g/mol. The van der Waals surface area contributed by atoms with E-state index in [1.54, 1.807) is 0 Å². The van der Waals surface area contributed by atoms with Crippen LogP contribution in [0.25, 0.3) is 11.5 Å². The van der Waals surface area contributed by atoms with Gasteiger partial charge in [-0.3, -0.25) is 0 Å². The van der Waals surface area contributed by atoms with Crippen LogP contribution in [0.4, 0.5) is 0 Å². The van der Waals surface area contributed by atoms with Crippen molar-refractivity contribution in [3.05, 3.63) is 35.7 Å². The summed E-state index contributed by atoms with van der Waals surface area (Å²) < 4.78 is 5.41. The fraction of sp³-hybridized carbons (Fsp3) is 0.571. The van der Waals surface area contributed by atoms with Crippen LogP contribution in [0.15, 0.2) is 33.8 Å². The van der Waals surface area contributed by atoms with Crippen molar-refractivity contribution < 1.29 is 4.52 Å². The monoisotopic (exact) mass is 529 g/mol. The maximum absolute atomic E-state index is 5.41. The highest BCUT2D eigenvalue weighted by Crippen LogP contribution is 2.28. The van der Waals surface area contributed by atoms with Gasteiger partial charge in [0.25, 0.3) is 5.89 Å². The molecule has 1 saturated carbocycles. The molecular formula is C21H32IN5OS. The van der Waals surface area contributed by atoms with Crippen LogP contribution in [0.3, 0.4) is 0 Å². The van der Waals surface area contributed by atoms with Gasteiger partial charge in [-0.25, -0.2) is 4.99 Å². The number of hydrogen-bond donors (Lipinski definition) is 2. The van der Waals surface area contributed by atoms with Gasteiger partial charge in [0.15, 0.2) is 11.8 Å². The molecule has 2 aromatic rings. The normalized spacial score (nSPS) is 19.1. The highest BCUT2D eigenvalue weighted by Gasteiger charge is 2.24. The van der Waals surface area contributed by atoms with E-state index in [2.05, 4.69) is 53.0 Å². The smallest absolute Gasteiger partial charge is 0.257 e. The van der Waals surface area contributed by atoms with E-state index in [1.807, 2.05) is 23.9 Å². The molecule has 0 amide bonds. The average molecular weight is 529 g/mol. The number of guanidine groups is 1. The molecule has 8 heteroatoms. The molecule has 0 bridgehead atoms. The number of hydrogen-bond acceptors (Lipinski definition) is 5. The molecule has 2 atom stereocenters. The molecule has 6 nitrogen and oxygen atoms in total. The Morgan fingerprint density at radius 1 is 1.31 bits per heavy atom. The summed E-state index contributed by atoms with van der Waals surface area (Å²) in [5.41, 5.74) is 2.07. The first-order chi connectivity index (χ1) is 13.7. The number of aryl methyl sites for hydroxylation is 1. The minimum absolute atomic E-state index is 0. The molecule has 1 aliphatic carbocycles. The van der Waals surface area contributed by atoms with E-state index in [0.29, 0.717) is 18.5 Å². The van der Waals surface area contributed by atoms with Gasteiger partial charge >= 0.3 is 0 Å². The summed E-state index contributed by atoms with van der Waals surface area (Å²) in [5, 5.41) is 11.8. The topological polar surface area (TPSA) is 75.3 Å². The molecule has 1 aromatic carbocycles. The Bertz CT molecular complexity index is 782. The van der Waals surface area contributed by atoms with Crippen molar-refractivity contribution in [1.29, 1.82) is 0 Å². The largest absolute Gasteiger partial charge is 0.357 e. The van der Waals surface area contributed by atoms with Crippen LogP contribution in [0.1, 0.15) is 50.9 Å². The molecule has 1 aliphatic rings. The third-order valence-corrected chi connectivity index (χ3v) is 6.03. The summed E-state index contributed by atoms with van der Waals surface area (Å²) in [6.45, 7) is 5.67. The van der Waals surface area contributed by atoms with Crippen LogP contribution in [0.5, 0.6) is 0 Å². The second-order valence-corrected chi connectivity index (χ2v) is 8.31. The molecule has 29 heavy (non-hydrogen) atoms. The molecule has 1 aromatic heterocycles. The van der Waals surface area contributed by atoms with Gasteiger partial charge in [-0.05, 0) is 56.6 Å². The number of benzene rings is 1. The highest BCUT2D eigenvalue weighted by molar-refractivity contribution is 14.0. The lowest BCUT2D eigenvalue weighted by atomic mass is 10.1. The molecule has 0 radical (unpaired) electrons. The SMILES string of the molecule is CCCc1noc(-c2cccc(CN=C(NCC)NC3CCC(SC)C3)c2)n1.I. The van der Waals surface area contributed by atoms with Crippen molar-refractivity contribution in [2.45, 2.75) is 63.8 Å². The molecule has 3 rings (SSSR count). The van der Waals surface area contributed by atoms with Crippen LogP contribution >= 0.6 is 35.7 Å². The second-order valence-electron chi connectivity index (χ2n) is 7.17. The summed E-state index contributed by atoms with van der Waals surface area (Å²) in [6, 6.07) is 8.69. The molecule has 2 N–H and O–H groups in total. The predicted octanol–water partition coefficient (Wildman–Crippen LogP) is 4.65. The maximum Gasteiger partial charge on any atom is 0.257 e. The number of aliphatic imine (C=N–C) groups is 1. The standard InChI is InChI=1S/C21H31N5OS.HI/c1-4-7-19-25-20(27-26-19)16-9-6-8-15(12-16)14-23-21(22-5-2)24-17-10-11-18(13-17)28-3;/h6,8-9,12,17-18H,4-5,7,10-11,13-14H2,1-3H3,(H2,22,23,24);1H. The van der Waals surface area contributed by atoms with Crippen molar-refractivity contribution in [3.8, 4) is 11.5 Å². The number of halogens is 1. The fourth-order valence-electron chi connectivity index (χ4n) is 3.47. The average Bonchev–Trinajstić information content (AvgIpc) is 3.36. The van der Waals surface area contributed by atoms with Crippen LogP contribution in [-0.4, -0.2) is 40.2 Å². The van der Waals surface area contributed by atoms with E-state index >= 15 is 0 Å². The Hall–Kier alpha value is -1.29. The summed E-state index contributed by atoms with van der Waals surface area (Å²) >= 11 is 1.97. The van der Waals surface area contributed by atoms with Crippen LogP contribution in [-0.2, 0) is 13.0 Å². The maximum atomic E-state index is 5.41. The van der Waals surface area contributed by atoms with Crippen molar-refractivity contribution in [2.24, 2.45) is 4.99 Å². The zero-order chi connectivity index (χ0) is 19.8. The highest BCUT2D eigenvalue weighted by atomic mass is 127. The van der Waals surface area contributed by atoms with Gasteiger partial charge in [0.1, 0.15) is 0 Å². The van der Waals surface area contributed by atoms with Gasteiger partial charge in [0, 0.05) is 29.8 Å². The van der Waals surface area contributed by atoms with Gasteiger partial charge in [-0.1, -0.05) is 24.2 Å². The number of rotatable bonds is 8. The summed E-state index contributed by atoms with van der Waals surface area (Å²) in [7, 11) is 0. The molecule has 1 heterocycles. The van der Waals surface area contributed by atoms with E-state index in [4.69, 9.17) is 9.52 Å². The zero-order valence-electron chi connectivity index (χ0n) is 17.5. The van der Waals surface area contributed by atoms with Gasteiger partial charge in [-0.15, -0.1) is 24.0 Å². The van der Waals surface area contributed by atoms with Gasteiger partial charge in [0.2, 0.25) is 0 Å². The third-order valence-electron chi connectivity index (χ3n) is 4.94. The quantitative estimate of drug-likeness (QED) is 0.295. The van der Waals surface area contributed by atoms with E-state index in [9.17, 15) is 0 Å². The van der Waals surface area contributed by atoms with E-state index < -0.39 is 0 Å². The summed E-state index contributed by atoms with van der Waals surface area (Å²) in [4.78, 5) is 9.27. The summed E-state index contributed by atoms with van der Waals surface area (Å²) in [5.74, 6) is 2.23. The Morgan fingerprint density at radius 2 is 2.17 bits per heavy atom.